The lowest BCUT2D eigenvalue weighted by Gasteiger charge is -2.33. The Labute approximate surface area is 141 Å². The Bertz CT molecular complexity index is 513. The highest BCUT2D eigenvalue weighted by atomic mass is 16.6. The highest BCUT2D eigenvalue weighted by Gasteiger charge is 2.22. The molecule has 0 saturated carbocycles. The minimum atomic E-state index is -0.469. The zero-order chi connectivity index (χ0) is 17.8. The molecule has 0 aliphatic rings. The fourth-order valence-corrected chi connectivity index (χ4v) is 2.83. The van der Waals surface area contributed by atoms with Crippen LogP contribution in [0.15, 0.2) is 24.3 Å². The molecule has 1 rings (SSSR count). The van der Waals surface area contributed by atoms with Gasteiger partial charge in [0.15, 0.2) is 0 Å². The largest absolute Gasteiger partial charge is 0.456 e. The smallest absolute Gasteiger partial charge is 0.338 e. The van der Waals surface area contributed by atoms with E-state index in [0.29, 0.717) is 5.56 Å². The van der Waals surface area contributed by atoms with Crippen molar-refractivity contribution in [3.05, 3.63) is 29.8 Å². The van der Waals surface area contributed by atoms with Crippen molar-refractivity contribution in [1.82, 2.24) is 4.90 Å². The second kappa shape index (κ2) is 7.35. The van der Waals surface area contributed by atoms with Crippen molar-refractivity contribution in [2.24, 2.45) is 5.41 Å². The van der Waals surface area contributed by atoms with Crippen molar-refractivity contribution in [3.8, 4) is 0 Å². The standard InChI is InChI=1S/C19H32N2O2/c1-18(2,3)23-17(22)15-9-11-16(12-10-15)21(8)14-19(4,5)13-20(6)7/h9-12H,13-14H2,1-8H3. The number of benzene rings is 1. The highest BCUT2D eigenvalue weighted by molar-refractivity contribution is 5.90. The van der Waals surface area contributed by atoms with Crippen LogP contribution in [0.4, 0.5) is 5.69 Å². The number of hydrogen-bond donors (Lipinski definition) is 0. The van der Waals surface area contributed by atoms with Gasteiger partial charge in [0.2, 0.25) is 0 Å². The van der Waals surface area contributed by atoms with E-state index in [1.807, 2.05) is 45.0 Å². The number of rotatable bonds is 6. The van der Waals surface area contributed by atoms with E-state index in [4.69, 9.17) is 4.74 Å². The normalized spacial score (nSPS) is 12.4. The zero-order valence-corrected chi connectivity index (χ0v) is 15.9. The third-order valence-corrected chi connectivity index (χ3v) is 3.35. The fourth-order valence-electron chi connectivity index (χ4n) is 2.83. The van der Waals surface area contributed by atoms with Crippen LogP contribution in [0.25, 0.3) is 0 Å². The molecule has 0 aliphatic heterocycles. The summed E-state index contributed by atoms with van der Waals surface area (Å²) in [5.41, 5.74) is 1.40. The van der Waals surface area contributed by atoms with Crippen LogP contribution in [0.1, 0.15) is 45.0 Å². The molecule has 0 atom stereocenters. The first-order chi connectivity index (χ1) is 10.4. The minimum absolute atomic E-state index is 0.183. The lowest BCUT2D eigenvalue weighted by molar-refractivity contribution is 0.00695. The molecule has 23 heavy (non-hydrogen) atoms. The topological polar surface area (TPSA) is 32.8 Å². The number of esters is 1. The Kier molecular flexibility index (Phi) is 6.23. The summed E-state index contributed by atoms with van der Waals surface area (Å²) in [6.07, 6.45) is 0. The van der Waals surface area contributed by atoms with E-state index >= 15 is 0 Å². The van der Waals surface area contributed by atoms with E-state index in [2.05, 4.69) is 44.8 Å². The summed E-state index contributed by atoms with van der Waals surface area (Å²) in [7, 11) is 6.27. The van der Waals surface area contributed by atoms with Crippen LogP contribution in [0.2, 0.25) is 0 Å². The van der Waals surface area contributed by atoms with E-state index in [1.54, 1.807) is 0 Å². The summed E-state index contributed by atoms with van der Waals surface area (Å²) in [6.45, 7) is 12.1. The fraction of sp³-hybridized carbons (Fsp3) is 0.632. The Balaban J connectivity index is 2.74. The Morgan fingerprint density at radius 3 is 1.91 bits per heavy atom. The predicted molar refractivity (Wildman–Crippen MR) is 97.2 cm³/mol. The summed E-state index contributed by atoms with van der Waals surface area (Å²) in [6, 6.07) is 7.62. The molecule has 0 aromatic heterocycles. The Hall–Kier alpha value is -1.55. The quantitative estimate of drug-likeness (QED) is 0.749. The maximum Gasteiger partial charge on any atom is 0.338 e. The first-order valence-corrected chi connectivity index (χ1v) is 8.09. The van der Waals surface area contributed by atoms with E-state index in [-0.39, 0.29) is 11.4 Å². The molecule has 4 nitrogen and oxygen atoms in total. The molecule has 130 valence electrons. The van der Waals surface area contributed by atoms with Crippen LogP contribution in [-0.2, 0) is 4.74 Å². The molecule has 1 aromatic carbocycles. The van der Waals surface area contributed by atoms with Crippen LogP contribution in [0.3, 0.4) is 0 Å². The zero-order valence-electron chi connectivity index (χ0n) is 15.9. The van der Waals surface area contributed by atoms with Crippen LogP contribution in [0.5, 0.6) is 0 Å². The van der Waals surface area contributed by atoms with E-state index < -0.39 is 5.60 Å². The Morgan fingerprint density at radius 2 is 1.48 bits per heavy atom. The van der Waals surface area contributed by atoms with Gasteiger partial charge in [0.25, 0.3) is 0 Å². The SMILES string of the molecule is CN(C)CC(C)(C)CN(C)c1ccc(C(=O)OC(C)(C)C)cc1. The molecule has 0 radical (unpaired) electrons. The lowest BCUT2D eigenvalue weighted by Crippen LogP contribution is -2.38. The number of hydrogen-bond acceptors (Lipinski definition) is 4. The molecule has 0 unspecified atom stereocenters. The van der Waals surface area contributed by atoms with E-state index in [9.17, 15) is 4.79 Å². The maximum atomic E-state index is 12.1. The molecule has 4 heteroatoms. The van der Waals surface area contributed by atoms with Crippen molar-refractivity contribution < 1.29 is 9.53 Å². The van der Waals surface area contributed by atoms with Gasteiger partial charge in [-0.05, 0) is 64.5 Å². The van der Waals surface area contributed by atoms with Crippen molar-refractivity contribution in [2.45, 2.75) is 40.2 Å². The van der Waals surface area contributed by atoms with Crippen LogP contribution >= 0.6 is 0 Å². The first-order valence-electron chi connectivity index (χ1n) is 8.09. The highest BCUT2D eigenvalue weighted by Crippen LogP contribution is 2.22. The third-order valence-electron chi connectivity index (χ3n) is 3.35. The average Bonchev–Trinajstić information content (AvgIpc) is 2.34. The molecule has 0 bridgehead atoms. The van der Waals surface area contributed by atoms with Gasteiger partial charge in [-0.2, -0.15) is 0 Å². The summed E-state index contributed by atoms with van der Waals surface area (Å²) >= 11 is 0. The maximum absolute atomic E-state index is 12.1. The van der Waals surface area contributed by atoms with Gasteiger partial charge < -0.3 is 14.5 Å². The van der Waals surface area contributed by atoms with Gasteiger partial charge in [-0.3, -0.25) is 0 Å². The van der Waals surface area contributed by atoms with Gasteiger partial charge >= 0.3 is 5.97 Å². The molecule has 0 heterocycles. The minimum Gasteiger partial charge on any atom is -0.456 e. The molecular formula is C19H32N2O2. The summed E-state index contributed by atoms with van der Waals surface area (Å²) in [5, 5.41) is 0. The van der Waals surface area contributed by atoms with Crippen molar-refractivity contribution >= 4 is 11.7 Å². The molecular weight excluding hydrogens is 288 g/mol. The van der Waals surface area contributed by atoms with Gasteiger partial charge in [0, 0.05) is 25.8 Å². The number of ether oxygens (including phenoxy) is 1. The molecule has 0 saturated heterocycles. The summed E-state index contributed by atoms with van der Waals surface area (Å²) < 4.78 is 5.39. The molecule has 1 aromatic rings. The summed E-state index contributed by atoms with van der Waals surface area (Å²) in [4.78, 5) is 16.5. The van der Waals surface area contributed by atoms with Gasteiger partial charge in [0.1, 0.15) is 5.60 Å². The van der Waals surface area contributed by atoms with E-state index in [1.165, 1.54) is 0 Å². The van der Waals surface area contributed by atoms with Crippen molar-refractivity contribution in [2.75, 3.05) is 39.1 Å². The molecule has 0 N–H and O–H groups in total. The van der Waals surface area contributed by atoms with Crippen LogP contribution in [0, 0.1) is 5.41 Å². The third kappa shape index (κ3) is 7.04. The second-order valence-electron chi connectivity index (χ2n) is 8.31. The van der Waals surface area contributed by atoms with Crippen molar-refractivity contribution in [3.63, 3.8) is 0 Å². The predicted octanol–water partition coefficient (Wildman–Crippen LogP) is 3.67. The Morgan fingerprint density at radius 1 is 0.957 bits per heavy atom. The lowest BCUT2D eigenvalue weighted by atomic mass is 9.92. The van der Waals surface area contributed by atoms with Gasteiger partial charge in [-0.1, -0.05) is 13.8 Å². The number of anilines is 1. The number of carbonyl (C=O) groups excluding carboxylic acids is 1. The van der Waals surface area contributed by atoms with Crippen LogP contribution < -0.4 is 4.90 Å². The van der Waals surface area contributed by atoms with Crippen LogP contribution in [-0.4, -0.2) is 50.7 Å². The van der Waals surface area contributed by atoms with Gasteiger partial charge in [-0.15, -0.1) is 0 Å². The van der Waals surface area contributed by atoms with Gasteiger partial charge in [0.05, 0.1) is 5.56 Å². The summed E-state index contributed by atoms with van der Waals surface area (Å²) in [5.74, 6) is -0.278. The van der Waals surface area contributed by atoms with E-state index in [0.717, 1.165) is 18.8 Å². The molecule has 0 fully saturated rings. The number of carbonyl (C=O) groups is 1. The molecule has 0 amide bonds. The monoisotopic (exact) mass is 320 g/mol. The molecule has 0 aliphatic carbocycles. The first kappa shape index (κ1) is 19.5. The second-order valence-corrected chi connectivity index (χ2v) is 8.31. The number of nitrogens with zero attached hydrogens (tertiary/aromatic N) is 2. The average molecular weight is 320 g/mol. The molecule has 0 spiro atoms. The van der Waals surface area contributed by atoms with Gasteiger partial charge in [-0.25, -0.2) is 4.79 Å². The van der Waals surface area contributed by atoms with Crippen molar-refractivity contribution in [1.29, 1.82) is 0 Å².